The Bertz CT molecular complexity index is 994. The standard InChI is InChI=1S/C27H34N2O5/c1-18(2)22-8-10-24(11-9-22)33-19(3)26(31)28-17-21-12-14-29(15-13-21)27(32)23-6-5-7-25(16-23)34-20(4)30/h5-11,16,18-19,21H,12-15,17H2,1-4H3,(H,28,31). The first-order valence-corrected chi connectivity index (χ1v) is 11.8. The molecule has 1 N–H and O–H groups in total. The summed E-state index contributed by atoms with van der Waals surface area (Å²) in [6.07, 6.45) is 1.03. The zero-order chi connectivity index (χ0) is 24.7. The van der Waals surface area contributed by atoms with Crippen molar-refractivity contribution in [2.24, 2.45) is 5.92 Å². The molecule has 1 fully saturated rings. The van der Waals surface area contributed by atoms with Crippen LogP contribution in [0.1, 0.15) is 62.4 Å². The van der Waals surface area contributed by atoms with Crippen molar-refractivity contribution in [3.8, 4) is 11.5 Å². The number of carbonyl (C=O) groups excluding carboxylic acids is 3. The zero-order valence-electron chi connectivity index (χ0n) is 20.4. The van der Waals surface area contributed by atoms with E-state index in [1.54, 1.807) is 36.1 Å². The molecule has 1 unspecified atom stereocenters. The summed E-state index contributed by atoms with van der Waals surface area (Å²) < 4.78 is 10.9. The summed E-state index contributed by atoms with van der Waals surface area (Å²) in [5.74, 6) is 1.15. The highest BCUT2D eigenvalue weighted by atomic mass is 16.5. The highest BCUT2D eigenvalue weighted by Crippen LogP contribution is 2.22. The lowest BCUT2D eigenvalue weighted by Crippen LogP contribution is -2.43. The maximum absolute atomic E-state index is 12.8. The van der Waals surface area contributed by atoms with Crippen LogP contribution < -0.4 is 14.8 Å². The number of hydrogen-bond donors (Lipinski definition) is 1. The average molecular weight is 467 g/mol. The lowest BCUT2D eigenvalue weighted by atomic mass is 9.96. The van der Waals surface area contributed by atoms with Crippen molar-refractivity contribution < 1.29 is 23.9 Å². The molecule has 7 heteroatoms. The Kier molecular flexibility index (Phi) is 8.68. The number of hydrogen-bond acceptors (Lipinski definition) is 5. The maximum Gasteiger partial charge on any atom is 0.308 e. The molecule has 2 amide bonds. The van der Waals surface area contributed by atoms with Gasteiger partial charge in [-0.3, -0.25) is 14.4 Å². The fraction of sp³-hybridized carbons (Fsp3) is 0.444. The Morgan fingerprint density at radius 3 is 2.29 bits per heavy atom. The number of benzene rings is 2. The van der Waals surface area contributed by atoms with Gasteiger partial charge < -0.3 is 19.7 Å². The van der Waals surface area contributed by atoms with Crippen molar-refractivity contribution in [1.82, 2.24) is 10.2 Å². The Morgan fingerprint density at radius 1 is 1.00 bits per heavy atom. The normalized spacial score (nSPS) is 15.0. The molecule has 7 nitrogen and oxygen atoms in total. The van der Waals surface area contributed by atoms with Crippen molar-refractivity contribution in [2.45, 2.75) is 52.6 Å². The van der Waals surface area contributed by atoms with Gasteiger partial charge in [-0.15, -0.1) is 0 Å². The lowest BCUT2D eigenvalue weighted by molar-refractivity contribution is -0.132. The van der Waals surface area contributed by atoms with E-state index in [2.05, 4.69) is 19.2 Å². The smallest absolute Gasteiger partial charge is 0.308 e. The van der Waals surface area contributed by atoms with E-state index in [0.29, 0.717) is 48.5 Å². The second-order valence-corrected chi connectivity index (χ2v) is 9.09. The molecule has 1 atom stereocenters. The summed E-state index contributed by atoms with van der Waals surface area (Å²) in [5, 5.41) is 2.99. The van der Waals surface area contributed by atoms with Crippen LogP contribution in [0.15, 0.2) is 48.5 Å². The van der Waals surface area contributed by atoms with Crippen LogP contribution in [0.2, 0.25) is 0 Å². The van der Waals surface area contributed by atoms with Gasteiger partial charge in [0.1, 0.15) is 11.5 Å². The second kappa shape index (κ2) is 11.7. The van der Waals surface area contributed by atoms with Crippen molar-refractivity contribution in [2.75, 3.05) is 19.6 Å². The first-order chi connectivity index (χ1) is 16.2. The van der Waals surface area contributed by atoms with Gasteiger partial charge in [-0.1, -0.05) is 32.0 Å². The van der Waals surface area contributed by atoms with E-state index < -0.39 is 12.1 Å². The summed E-state index contributed by atoms with van der Waals surface area (Å²) in [7, 11) is 0. The number of amides is 2. The van der Waals surface area contributed by atoms with Crippen LogP contribution in [0.5, 0.6) is 11.5 Å². The maximum atomic E-state index is 12.8. The van der Waals surface area contributed by atoms with Crippen LogP contribution in [0.25, 0.3) is 0 Å². The third-order valence-corrected chi connectivity index (χ3v) is 6.04. The Morgan fingerprint density at radius 2 is 1.68 bits per heavy atom. The zero-order valence-corrected chi connectivity index (χ0v) is 20.4. The molecule has 34 heavy (non-hydrogen) atoms. The van der Waals surface area contributed by atoms with Gasteiger partial charge in [0.2, 0.25) is 0 Å². The van der Waals surface area contributed by atoms with E-state index in [0.717, 1.165) is 12.8 Å². The largest absolute Gasteiger partial charge is 0.481 e. The van der Waals surface area contributed by atoms with Gasteiger partial charge in [0.05, 0.1) is 0 Å². The molecule has 2 aromatic carbocycles. The third kappa shape index (κ3) is 7.07. The number of rotatable bonds is 8. The van der Waals surface area contributed by atoms with Crippen LogP contribution in [0.4, 0.5) is 0 Å². The molecule has 0 aliphatic carbocycles. The molecule has 1 aliphatic heterocycles. The van der Waals surface area contributed by atoms with Gasteiger partial charge in [-0.05, 0) is 67.5 Å². The molecule has 1 heterocycles. The monoisotopic (exact) mass is 466 g/mol. The predicted molar refractivity (Wildman–Crippen MR) is 130 cm³/mol. The lowest BCUT2D eigenvalue weighted by Gasteiger charge is -2.32. The molecule has 2 aromatic rings. The number of piperidine rings is 1. The Hall–Kier alpha value is -3.35. The fourth-order valence-electron chi connectivity index (χ4n) is 3.96. The van der Waals surface area contributed by atoms with Gasteiger partial charge in [-0.25, -0.2) is 0 Å². The molecule has 1 saturated heterocycles. The number of nitrogens with one attached hydrogen (secondary N) is 1. The quantitative estimate of drug-likeness (QED) is 0.466. The highest BCUT2D eigenvalue weighted by Gasteiger charge is 2.25. The van der Waals surface area contributed by atoms with Gasteiger partial charge in [0, 0.05) is 32.1 Å². The molecule has 3 rings (SSSR count). The summed E-state index contributed by atoms with van der Waals surface area (Å²) in [6.45, 7) is 9.14. The molecule has 0 saturated carbocycles. The molecular formula is C27H34N2O5. The van der Waals surface area contributed by atoms with E-state index in [-0.39, 0.29) is 11.8 Å². The minimum atomic E-state index is -0.587. The van der Waals surface area contributed by atoms with Gasteiger partial charge in [-0.2, -0.15) is 0 Å². The minimum absolute atomic E-state index is 0.0815. The highest BCUT2D eigenvalue weighted by molar-refractivity contribution is 5.94. The van der Waals surface area contributed by atoms with Crippen LogP contribution in [-0.4, -0.2) is 48.4 Å². The number of likely N-dealkylation sites (tertiary alicyclic amines) is 1. The van der Waals surface area contributed by atoms with Crippen molar-refractivity contribution in [3.63, 3.8) is 0 Å². The van der Waals surface area contributed by atoms with Crippen molar-refractivity contribution in [3.05, 3.63) is 59.7 Å². The molecule has 1 aliphatic rings. The average Bonchev–Trinajstić information content (AvgIpc) is 2.82. The number of ether oxygens (including phenoxy) is 2. The van der Waals surface area contributed by atoms with Crippen LogP contribution >= 0.6 is 0 Å². The number of nitrogens with zero attached hydrogens (tertiary/aromatic N) is 1. The Balaban J connectivity index is 1.42. The third-order valence-electron chi connectivity index (χ3n) is 6.04. The summed E-state index contributed by atoms with van der Waals surface area (Å²) in [5.41, 5.74) is 1.73. The molecule has 0 spiro atoms. The van der Waals surface area contributed by atoms with E-state index in [1.807, 2.05) is 24.3 Å². The summed E-state index contributed by atoms with van der Waals surface area (Å²) >= 11 is 0. The Labute approximate surface area is 201 Å². The van der Waals surface area contributed by atoms with E-state index in [4.69, 9.17) is 9.47 Å². The van der Waals surface area contributed by atoms with Crippen LogP contribution in [0, 0.1) is 5.92 Å². The topological polar surface area (TPSA) is 84.9 Å². The first kappa shape index (κ1) is 25.3. The van der Waals surface area contributed by atoms with Gasteiger partial charge in [0.15, 0.2) is 6.10 Å². The van der Waals surface area contributed by atoms with Crippen molar-refractivity contribution >= 4 is 17.8 Å². The molecular weight excluding hydrogens is 432 g/mol. The van der Waals surface area contributed by atoms with Gasteiger partial charge >= 0.3 is 5.97 Å². The molecule has 0 aromatic heterocycles. The summed E-state index contributed by atoms with van der Waals surface area (Å²) in [4.78, 5) is 38.3. The van der Waals surface area contributed by atoms with E-state index in [9.17, 15) is 14.4 Å². The second-order valence-electron chi connectivity index (χ2n) is 9.09. The van der Waals surface area contributed by atoms with E-state index in [1.165, 1.54) is 12.5 Å². The fourth-order valence-corrected chi connectivity index (χ4v) is 3.96. The molecule has 182 valence electrons. The summed E-state index contributed by atoms with van der Waals surface area (Å²) in [6, 6.07) is 14.5. The minimum Gasteiger partial charge on any atom is -0.481 e. The SMILES string of the molecule is CC(=O)Oc1cccc(C(=O)N2CCC(CNC(=O)C(C)Oc3ccc(C(C)C)cc3)CC2)c1. The van der Waals surface area contributed by atoms with Crippen LogP contribution in [0.3, 0.4) is 0 Å². The molecule has 0 radical (unpaired) electrons. The van der Waals surface area contributed by atoms with Crippen molar-refractivity contribution in [1.29, 1.82) is 0 Å². The van der Waals surface area contributed by atoms with Crippen LogP contribution in [-0.2, 0) is 9.59 Å². The number of carbonyl (C=O) groups is 3. The van der Waals surface area contributed by atoms with E-state index >= 15 is 0 Å². The number of esters is 1. The molecule has 0 bridgehead atoms. The first-order valence-electron chi connectivity index (χ1n) is 11.8. The van der Waals surface area contributed by atoms with Gasteiger partial charge in [0.25, 0.3) is 11.8 Å². The predicted octanol–water partition coefficient (Wildman–Crippen LogP) is 4.17.